The molecule has 7 nitrogen and oxygen atoms in total. The number of amides is 1. The van der Waals surface area contributed by atoms with Crippen LogP contribution in [-0.2, 0) is 26.9 Å². The number of hydrogen-bond donors (Lipinski definition) is 2. The van der Waals surface area contributed by atoms with Crippen molar-refractivity contribution in [2.45, 2.75) is 58.8 Å². The van der Waals surface area contributed by atoms with Crippen LogP contribution in [0.1, 0.15) is 65.7 Å². The van der Waals surface area contributed by atoms with Gasteiger partial charge in [-0.2, -0.15) is 13.2 Å². The molecule has 0 aliphatic heterocycles. The van der Waals surface area contributed by atoms with E-state index in [4.69, 9.17) is 4.74 Å². The van der Waals surface area contributed by atoms with Crippen LogP contribution in [0.2, 0.25) is 0 Å². The average molecular weight is 736 g/mol. The van der Waals surface area contributed by atoms with Gasteiger partial charge in [0.15, 0.2) is 0 Å². The van der Waals surface area contributed by atoms with Gasteiger partial charge in [0.25, 0.3) is 5.56 Å². The van der Waals surface area contributed by atoms with E-state index in [2.05, 4.69) is 21.2 Å². The van der Waals surface area contributed by atoms with Gasteiger partial charge >= 0.3 is 12.1 Å². The van der Waals surface area contributed by atoms with Crippen molar-refractivity contribution < 1.29 is 41.4 Å². The van der Waals surface area contributed by atoms with Crippen LogP contribution in [0.4, 0.5) is 22.0 Å². The lowest BCUT2D eigenvalue weighted by Crippen LogP contribution is -2.42. The van der Waals surface area contributed by atoms with Gasteiger partial charge in [-0.1, -0.05) is 41.1 Å². The summed E-state index contributed by atoms with van der Waals surface area (Å²) in [5.41, 5.74) is -2.12. The molecular weight excluding hydrogens is 703 g/mol. The molecular formula is C35H32BrF5N2O5. The second-order valence-corrected chi connectivity index (χ2v) is 11.9. The molecule has 3 aromatic carbocycles. The molecule has 0 aliphatic rings. The first-order valence-corrected chi connectivity index (χ1v) is 15.7. The Balaban J connectivity index is 1.94. The van der Waals surface area contributed by atoms with E-state index in [0.29, 0.717) is 27.3 Å². The smallest absolute Gasteiger partial charge is 0.416 e. The van der Waals surface area contributed by atoms with Gasteiger partial charge in [-0.25, -0.2) is 8.78 Å². The Hall–Kier alpha value is -4.52. The van der Waals surface area contributed by atoms with Crippen molar-refractivity contribution in [3.8, 4) is 16.9 Å². The number of nitrogens with one attached hydrogen (secondary N) is 1. The van der Waals surface area contributed by atoms with E-state index in [1.54, 1.807) is 26.0 Å². The molecule has 1 amide bonds. The van der Waals surface area contributed by atoms with E-state index in [9.17, 15) is 32.7 Å². The summed E-state index contributed by atoms with van der Waals surface area (Å²) in [6.07, 6.45) is -5.08. The maximum absolute atomic E-state index is 15.9. The highest BCUT2D eigenvalue weighted by Crippen LogP contribution is 2.37. The maximum atomic E-state index is 15.9. The van der Waals surface area contributed by atoms with E-state index in [0.717, 1.165) is 12.3 Å². The number of aromatic nitrogens is 1. The molecule has 1 unspecified atom stereocenters. The number of nitrogens with zero attached hydrogens (tertiary/aromatic N) is 1. The summed E-state index contributed by atoms with van der Waals surface area (Å²) in [7, 11) is 0. The summed E-state index contributed by atoms with van der Waals surface area (Å²) in [6, 6.07) is 8.60. The lowest BCUT2D eigenvalue weighted by Gasteiger charge is -2.27. The monoisotopic (exact) mass is 734 g/mol. The molecule has 2 atom stereocenters. The number of pyridine rings is 1. The molecule has 0 bridgehead atoms. The zero-order valence-corrected chi connectivity index (χ0v) is 27.9. The Morgan fingerprint density at radius 3 is 2.31 bits per heavy atom. The number of esters is 1. The molecule has 254 valence electrons. The molecule has 0 saturated carbocycles. The lowest BCUT2D eigenvalue weighted by atomic mass is 9.92. The number of aryl methyl sites for hydroxylation is 2. The first-order chi connectivity index (χ1) is 22.6. The molecule has 48 heavy (non-hydrogen) atoms. The fraction of sp³-hybridized carbons (Fsp3) is 0.286. The van der Waals surface area contributed by atoms with E-state index >= 15 is 8.78 Å². The van der Waals surface area contributed by atoms with Crippen LogP contribution >= 0.6 is 15.9 Å². The van der Waals surface area contributed by atoms with Crippen LogP contribution in [0.15, 0.2) is 70.1 Å². The van der Waals surface area contributed by atoms with E-state index < -0.39 is 64.9 Å². The van der Waals surface area contributed by atoms with Crippen molar-refractivity contribution >= 4 is 27.8 Å². The fourth-order valence-electron chi connectivity index (χ4n) is 5.67. The minimum atomic E-state index is -4.88. The van der Waals surface area contributed by atoms with Gasteiger partial charge in [0.05, 0.1) is 24.6 Å². The van der Waals surface area contributed by atoms with Crippen LogP contribution in [-0.4, -0.2) is 28.2 Å². The van der Waals surface area contributed by atoms with Crippen molar-refractivity contribution in [1.29, 1.82) is 0 Å². The van der Waals surface area contributed by atoms with Gasteiger partial charge in [0.2, 0.25) is 5.91 Å². The van der Waals surface area contributed by atoms with Crippen molar-refractivity contribution in [3.05, 3.63) is 121 Å². The molecule has 0 fully saturated rings. The molecule has 4 aromatic rings. The molecule has 4 rings (SSSR count). The Morgan fingerprint density at radius 1 is 1.02 bits per heavy atom. The maximum Gasteiger partial charge on any atom is 0.416 e. The predicted octanol–water partition coefficient (Wildman–Crippen LogP) is 7.86. The number of phenols is 1. The number of alkyl halides is 3. The summed E-state index contributed by atoms with van der Waals surface area (Å²) < 4.78 is 78.5. The Morgan fingerprint density at radius 2 is 1.71 bits per heavy atom. The topological polar surface area (TPSA) is 97.6 Å². The third kappa shape index (κ3) is 7.46. The van der Waals surface area contributed by atoms with Crippen LogP contribution < -0.4 is 10.9 Å². The summed E-state index contributed by atoms with van der Waals surface area (Å²) in [6.45, 7) is 6.03. The molecule has 0 radical (unpaired) electrons. The number of phenolic OH excluding ortho intramolecular Hbond substituents is 1. The molecule has 13 heteroatoms. The molecule has 0 aliphatic carbocycles. The Labute approximate surface area is 281 Å². The van der Waals surface area contributed by atoms with Crippen molar-refractivity contribution in [2.75, 3.05) is 6.61 Å². The third-order valence-corrected chi connectivity index (χ3v) is 8.56. The van der Waals surface area contributed by atoms with Gasteiger partial charge in [-0.05, 0) is 80.3 Å². The van der Waals surface area contributed by atoms with Crippen LogP contribution in [0, 0.1) is 25.5 Å². The summed E-state index contributed by atoms with van der Waals surface area (Å²) in [4.78, 5) is 40.6. The van der Waals surface area contributed by atoms with Gasteiger partial charge in [-0.15, -0.1) is 0 Å². The van der Waals surface area contributed by atoms with Crippen LogP contribution in [0.5, 0.6) is 5.75 Å². The predicted molar refractivity (Wildman–Crippen MR) is 172 cm³/mol. The highest BCUT2D eigenvalue weighted by atomic mass is 79.9. The molecule has 2 N–H and O–H groups in total. The minimum Gasteiger partial charge on any atom is -0.507 e. The fourth-order valence-corrected chi connectivity index (χ4v) is 6.23. The number of carbonyl (C=O) groups excluding carboxylic acids is 2. The van der Waals surface area contributed by atoms with E-state index in [1.807, 2.05) is 0 Å². The normalized spacial score (nSPS) is 12.8. The van der Waals surface area contributed by atoms with E-state index in [1.165, 1.54) is 44.2 Å². The Bertz CT molecular complexity index is 1880. The van der Waals surface area contributed by atoms with Gasteiger partial charge in [0, 0.05) is 32.9 Å². The average Bonchev–Trinajstić information content (AvgIpc) is 3.00. The second kappa shape index (κ2) is 14.7. The van der Waals surface area contributed by atoms with Crippen LogP contribution in [0.25, 0.3) is 11.1 Å². The summed E-state index contributed by atoms with van der Waals surface area (Å²) in [5.74, 6) is -3.82. The quantitative estimate of drug-likeness (QED) is 0.128. The number of halogens is 6. The SMILES string of the molecule is CCOC(=O)C[C@H](NC(=O)C(c1c(F)cccc1Br)n1ccc(C(F)(F)F)c(CC)c1=O)c1cc(-c2c(C)cccc2O)cc(C)c1F. The molecule has 1 aromatic heterocycles. The van der Waals surface area contributed by atoms with Crippen molar-refractivity contribution in [1.82, 2.24) is 9.88 Å². The number of rotatable bonds is 10. The van der Waals surface area contributed by atoms with Gasteiger partial charge in [0.1, 0.15) is 23.4 Å². The van der Waals surface area contributed by atoms with Crippen LogP contribution in [0.3, 0.4) is 0 Å². The first-order valence-electron chi connectivity index (χ1n) is 14.9. The number of carbonyl (C=O) groups is 2. The molecule has 1 heterocycles. The van der Waals surface area contributed by atoms with Crippen molar-refractivity contribution in [3.63, 3.8) is 0 Å². The highest BCUT2D eigenvalue weighted by molar-refractivity contribution is 9.10. The zero-order valence-electron chi connectivity index (χ0n) is 26.3. The molecule has 0 saturated heterocycles. The standard InChI is InChI=1S/C35H32BrF5N2O5/c1-5-21-23(35(39,40)41)13-14-43(34(21)47)32(30-24(36)10-8-11-25(30)37)33(46)42-26(17-28(45)48-6-2)22-16-20(15-19(4)31(22)38)29-18(3)9-7-12-27(29)44/h7-16,26,32,44H,5-6,17H2,1-4H3,(H,42,46)/t26-,32?/m0/s1. The van der Waals surface area contributed by atoms with Crippen molar-refractivity contribution in [2.24, 2.45) is 0 Å². The third-order valence-electron chi connectivity index (χ3n) is 7.87. The highest BCUT2D eigenvalue weighted by Gasteiger charge is 2.37. The minimum absolute atomic E-state index is 0.0217. The number of benzene rings is 3. The largest absolute Gasteiger partial charge is 0.507 e. The Kier molecular flexibility index (Phi) is 11.1. The molecule has 0 spiro atoms. The number of ether oxygens (including phenoxy) is 1. The first kappa shape index (κ1) is 36.3. The summed E-state index contributed by atoms with van der Waals surface area (Å²) in [5, 5.41) is 13.2. The zero-order chi connectivity index (χ0) is 35.5. The van der Waals surface area contributed by atoms with Gasteiger partial charge < -0.3 is 15.2 Å². The number of aromatic hydroxyl groups is 1. The second-order valence-electron chi connectivity index (χ2n) is 11.0. The number of hydrogen-bond acceptors (Lipinski definition) is 5. The lowest BCUT2D eigenvalue weighted by molar-refractivity contribution is -0.144. The summed E-state index contributed by atoms with van der Waals surface area (Å²) >= 11 is 3.19. The van der Waals surface area contributed by atoms with Gasteiger partial charge in [-0.3, -0.25) is 19.0 Å². The van der Waals surface area contributed by atoms with E-state index in [-0.39, 0.29) is 39.9 Å².